The predicted octanol–water partition coefficient (Wildman–Crippen LogP) is 1.64. The zero-order valence-electron chi connectivity index (χ0n) is 10.3. The summed E-state index contributed by atoms with van der Waals surface area (Å²) in [5.41, 5.74) is 1.56. The molecule has 0 radical (unpaired) electrons. The van der Waals surface area contributed by atoms with Gasteiger partial charge in [0.25, 0.3) is 0 Å². The number of hydrogen-bond acceptors (Lipinski definition) is 4. The first-order chi connectivity index (χ1) is 8.49. The van der Waals surface area contributed by atoms with E-state index in [1.807, 2.05) is 0 Å². The number of aromatic carboxylic acids is 1. The lowest BCUT2D eigenvalue weighted by Gasteiger charge is -2.20. The van der Waals surface area contributed by atoms with Gasteiger partial charge in [-0.05, 0) is 23.8 Å². The minimum Gasteiger partial charge on any atom is -0.478 e. The van der Waals surface area contributed by atoms with Crippen LogP contribution in [0.1, 0.15) is 15.9 Å². The van der Waals surface area contributed by atoms with E-state index >= 15 is 0 Å². The van der Waals surface area contributed by atoms with E-state index in [-0.39, 0.29) is 18.1 Å². The van der Waals surface area contributed by atoms with Crippen LogP contribution in [0.4, 0.5) is 5.69 Å². The van der Waals surface area contributed by atoms with Crippen LogP contribution in [-0.4, -0.2) is 37.7 Å². The van der Waals surface area contributed by atoms with Crippen molar-refractivity contribution in [2.75, 3.05) is 25.6 Å². The lowest BCUT2D eigenvalue weighted by Crippen LogP contribution is -2.27. The third kappa shape index (κ3) is 3.10. The highest BCUT2D eigenvalue weighted by Crippen LogP contribution is 2.22. The second-order valence-corrected chi connectivity index (χ2v) is 3.72. The smallest absolute Gasteiger partial charge is 0.335 e. The molecule has 0 fully saturated rings. The van der Waals surface area contributed by atoms with Gasteiger partial charge in [-0.2, -0.15) is 0 Å². The van der Waals surface area contributed by atoms with Gasteiger partial charge < -0.3 is 14.7 Å². The number of nitrogens with zero attached hydrogens (tertiary/aromatic N) is 1. The molecule has 5 heteroatoms. The van der Waals surface area contributed by atoms with E-state index in [2.05, 4.69) is 11.3 Å². The molecule has 0 aliphatic heterocycles. The van der Waals surface area contributed by atoms with Crippen molar-refractivity contribution in [2.45, 2.75) is 0 Å². The molecule has 1 rings (SSSR count). The number of carbonyl (C=O) groups excluding carboxylic acids is 1. The second kappa shape index (κ2) is 5.86. The van der Waals surface area contributed by atoms with Gasteiger partial charge in [0, 0.05) is 12.7 Å². The number of methoxy groups -OCH3 is 1. The Morgan fingerprint density at radius 3 is 2.67 bits per heavy atom. The molecule has 0 heterocycles. The molecule has 0 saturated carbocycles. The van der Waals surface area contributed by atoms with Crippen LogP contribution in [-0.2, 0) is 9.53 Å². The van der Waals surface area contributed by atoms with Crippen LogP contribution in [0.25, 0.3) is 6.08 Å². The summed E-state index contributed by atoms with van der Waals surface area (Å²) >= 11 is 0. The highest BCUT2D eigenvalue weighted by Gasteiger charge is 2.12. The van der Waals surface area contributed by atoms with Crippen LogP contribution in [0.15, 0.2) is 24.8 Å². The number of carbonyl (C=O) groups is 2. The molecule has 0 bridgehead atoms. The molecule has 18 heavy (non-hydrogen) atoms. The number of hydrogen-bond donors (Lipinski definition) is 1. The van der Waals surface area contributed by atoms with Crippen LogP contribution in [0.5, 0.6) is 0 Å². The van der Waals surface area contributed by atoms with Crippen LogP contribution in [0.3, 0.4) is 0 Å². The maximum Gasteiger partial charge on any atom is 0.335 e. The number of carboxylic acid groups (broad SMARTS) is 1. The highest BCUT2D eigenvalue weighted by atomic mass is 16.5. The molecule has 0 aromatic heterocycles. The fourth-order valence-corrected chi connectivity index (χ4v) is 1.54. The average molecular weight is 249 g/mol. The van der Waals surface area contributed by atoms with Crippen LogP contribution < -0.4 is 4.90 Å². The van der Waals surface area contributed by atoms with E-state index in [0.717, 1.165) is 5.69 Å². The van der Waals surface area contributed by atoms with Crippen molar-refractivity contribution in [3.63, 3.8) is 0 Å². The van der Waals surface area contributed by atoms with Gasteiger partial charge >= 0.3 is 11.9 Å². The normalized spacial score (nSPS) is 9.67. The molecule has 0 saturated heterocycles. The Morgan fingerprint density at radius 2 is 2.17 bits per heavy atom. The zero-order valence-corrected chi connectivity index (χ0v) is 10.3. The number of rotatable bonds is 5. The summed E-state index contributed by atoms with van der Waals surface area (Å²) in [7, 11) is 3.04. The summed E-state index contributed by atoms with van der Waals surface area (Å²) in [4.78, 5) is 23.7. The van der Waals surface area contributed by atoms with Gasteiger partial charge in [0.2, 0.25) is 0 Å². The maximum absolute atomic E-state index is 11.2. The van der Waals surface area contributed by atoms with E-state index < -0.39 is 5.97 Å². The number of anilines is 1. The van der Waals surface area contributed by atoms with Crippen molar-refractivity contribution in [3.8, 4) is 0 Å². The van der Waals surface area contributed by atoms with Gasteiger partial charge in [-0.25, -0.2) is 4.79 Å². The van der Waals surface area contributed by atoms with Crippen molar-refractivity contribution >= 4 is 23.7 Å². The molecular weight excluding hydrogens is 234 g/mol. The average Bonchev–Trinajstić information content (AvgIpc) is 2.37. The summed E-state index contributed by atoms with van der Waals surface area (Å²) < 4.78 is 4.58. The van der Waals surface area contributed by atoms with Gasteiger partial charge in [-0.1, -0.05) is 12.7 Å². The Balaban J connectivity index is 3.05. The van der Waals surface area contributed by atoms with Crippen molar-refractivity contribution in [3.05, 3.63) is 35.9 Å². The summed E-state index contributed by atoms with van der Waals surface area (Å²) in [6.45, 7) is 3.73. The number of benzene rings is 1. The molecule has 0 spiro atoms. The summed E-state index contributed by atoms with van der Waals surface area (Å²) in [6, 6.07) is 4.64. The number of esters is 1. The SMILES string of the molecule is C=Cc1cc(C(=O)O)ccc1N(C)CC(=O)OC. The Bertz CT molecular complexity index is 482. The van der Waals surface area contributed by atoms with Gasteiger partial charge in [-0.3, -0.25) is 4.79 Å². The molecule has 0 aliphatic rings. The van der Waals surface area contributed by atoms with Crippen molar-refractivity contribution in [2.24, 2.45) is 0 Å². The standard InChI is InChI=1S/C13H15NO4/c1-4-9-7-10(13(16)17)5-6-11(9)14(2)8-12(15)18-3/h4-7H,1,8H2,2-3H3,(H,16,17). The molecular formula is C13H15NO4. The quantitative estimate of drug-likeness (QED) is 0.803. The number of ether oxygens (including phenoxy) is 1. The Hall–Kier alpha value is -2.30. The van der Waals surface area contributed by atoms with Gasteiger partial charge in [0.15, 0.2) is 0 Å². The highest BCUT2D eigenvalue weighted by molar-refractivity contribution is 5.90. The van der Waals surface area contributed by atoms with E-state index in [0.29, 0.717) is 5.56 Å². The first-order valence-electron chi connectivity index (χ1n) is 5.27. The van der Waals surface area contributed by atoms with Gasteiger partial charge in [-0.15, -0.1) is 0 Å². The van der Waals surface area contributed by atoms with Crippen LogP contribution >= 0.6 is 0 Å². The number of likely N-dealkylation sites (N-methyl/N-ethyl adjacent to an activating group) is 1. The third-order valence-electron chi connectivity index (χ3n) is 2.50. The molecule has 0 amide bonds. The largest absolute Gasteiger partial charge is 0.478 e. The summed E-state index contributed by atoms with van der Waals surface area (Å²) in [6.07, 6.45) is 1.55. The first-order valence-corrected chi connectivity index (χ1v) is 5.27. The first kappa shape index (κ1) is 13.8. The monoisotopic (exact) mass is 249 g/mol. The Labute approximate surface area is 105 Å². The molecule has 0 aliphatic carbocycles. The summed E-state index contributed by atoms with van der Waals surface area (Å²) in [5.74, 6) is -1.37. The molecule has 0 atom stereocenters. The Morgan fingerprint density at radius 1 is 1.50 bits per heavy atom. The molecule has 1 aromatic rings. The van der Waals surface area contributed by atoms with Crippen molar-refractivity contribution in [1.82, 2.24) is 0 Å². The van der Waals surface area contributed by atoms with Crippen molar-refractivity contribution < 1.29 is 19.4 Å². The summed E-state index contributed by atoms with van der Waals surface area (Å²) in [5, 5.41) is 8.90. The lowest BCUT2D eigenvalue weighted by molar-refractivity contribution is -0.138. The van der Waals surface area contributed by atoms with Crippen LogP contribution in [0, 0.1) is 0 Å². The maximum atomic E-state index is 11.2. The van der Waals surface area contributed by atoms with Crippen LogP contribution in [0.2, 0.25) is 0 Å². The lowest BCUT2D eigenvalue weighted by atomic mass is 10.1. The molecule has 96 valence electrons. The molecule has 0 unspecified atom stereocenters. The molecule has 1 N–H and O–H groups in total. The van der Waals surface area contributed by atoms with E-state index in [1.165, 1.54) is 19.2 Å². The molecule has 1 aromatic carbocycles. The second-order valence-electron chi connectivity index (χ2n) is 3.72. The Kier molecular flexibility index (Phi) is 4.48. The van der Waals surface area contributed by atoms with E-state index in [9.17, 15) is 9.59 Å². The van der Waals surface area contributed by atoms with Crippen molar-refractivity contribution in [1.29, 1.82) is 0 Å². The minimum absolute atomic E-state index is 0.0871. The van der Waals surface area contributed by atoms with Gasteiger partial charge in [0.05, 0.1) is 12.7 Å². The minimum atomic E-state index is -1.000. The van der Waals surface area contributed by atoms with E-state index in [1.54, 1.807) is 24.1 Å². The number of carboxylic acids is 1. The third-order valence-corrected chi connectivity index (χ3v) is 2.50. The topological polar surface area (TPSA) is 66.8 Å². The molecule has 5 nitrogen and oxygen atoms in total. The fraction of sp³-hybridized carbons (Fsp3) is 0.231. The predicted molar refractivity (Wildman–Crippen MR) is 68.8 cm³/mol. The van der Waals surface area contributed by atoms with Gasteiger partial charge in [0.1, 0.15) is 6.54 Å². The zero-order chi connectivity index (χ0) is 13.7. The van der Waals surface area contributed by atoms with E-state index in [4.69, 9.17) is 5.11 Å². The fourth-order valence-electron chi connectivity index (χ4n) is 1.54.